The van der Waals surface area contributed by atoms with E-state index in [9.17, 15) is 9.90 Å². The van der Waals surface area contributed by atoms with Crippen molar-refractivity contribution in [2.75, 3.05) is 7.11 Å². The molecule has 2 rings (SSSR count). The molecule has 0 saturated carbocycles. The van der Waals surface area contributed by atoms with Gasteiger partial charge in [0.1, 0.15) is 5.75 Å². The first kappa shape index (κ1) is 9.58. The van der Waals surface area contributed by atoms with Crippen molar-refractivity contribution in [3.05, 3.63) is 24.3 Å². The summed E-state index contributed by atoms with van der Waals surface area (Å²) in [6, 6.07) is 6.85. The average molecular weight is 205 g/mol. The van der Waals surface area contributed by atoms with Gasteiger partial charge >= 0.3 is 0 Å². The lowest BCUT2D eigenvalue weighted by molar-refractivity contribution is 0.0933. The molecule has 4 heteroatoms. The highest BCUT2D eigenvalue weighted by Gasteiger charge is 2.11. The van der Waals surface area contributed by atoms with E-state index in [1.54, 1.807) is 31.4 Å². The van der Waals surface area contributed by atoms with Crippen LogP contribution in [0.15, 0.2) is 24.3 Å². The summed E-state index contributed by atoms with van der Waals surface area (Å²) in [4.78, 5) is 11.3. The second kappa shape index (κ2) is 3.31. The lowest BCUT2D eigenvalue weighted by Crippen LogP contribution is -2.03. The van der Waals surface area contributed by atoms with Gasteiger partial charge in [-0.15, -0.1) is 0 Å². The summed E-state index contributed by atoms with van der Waals surface area (Å²) < 4.78 is 6.31. The topological polar surface area (TPSA) is 51.5 Å². The van der Waals surface area contributed by atoms with Crippen LogP contribution in [0.25, 0.3) is 10.9 Å². The third-order valence-electron chi connectivity index (χ3n) is 2.31. The van der Waals surface area contributed by atoms with Crippen molar-refractivity contribution in [2.24, 2.45) is 0 Å². The Morgan fingerprint density at radius 1 is 1.40 bits per heavy atom. The lowest BCUT2D eigenvalue weighted by Gasteiger charge is -2.03. The van der Waals surface area contributed by atoms with E-state index < -0.39 is 0 Å². The standard InChI is InChI=1S/C11H11NO3/c1-7(13)12-10-6-9(15-2)4-3-8(10)5-11(12)14/h3-6,14H,1-2H3. The monoisotopic (exact) mass is 205 g/mol. The molecule has 0 aliphatic rings. The molecule has 0 bridgehead atoms. The number of carbonyl (C=O) groups excluding carboxylic acids is 1. The van der Waals surface area contributed by atoms with Gasteiger partial charge in [0.15, 0.2) is 5.88 Å². The number of hydrogen-bond donors (Lipinski definition) is 1. The van der Waals surface area contributed by atoms with E-state index in [4.69, 9.17) is 4.74 Å². The van der Waals surface area contributed by atoms with Gasteiger partial charge in [-0.1, -0.05) is 0 Å². The zero-order valence-electron chi connectivity index (χ0n) is 8.52. The molecular weight excluding hydrogens is 194 g/mol. The first-order valence-electron chi connectivity index (χ1n) is 4.53. The van der Waals surface area contributed by atoms with E-state index in [-0.39, 0.29) is 11.8 Å². The van der Waals surface area contributed by atoms with Crippen molar-refractivity contribution < 1.29 is 14.6 Å². The lowest BCUT2D eigenvalue weighted by atomic mass is 10.2. The summed E-state index contributed by atoms with van der Waals surface area (Å²) in [6.45, 7) is 1.40. The van der Waals surface area contributed by atoms with E-state index in [1.165, 1.54) is 11.5 Å². The highest BCUT2D eigenvalue weighted by Crippen LogP contribution is 2.27. The van der Waals surface area contributed by atoms with Gasteiger partial charge in [-0.2, -0.15) is 0 Å². The van der Waals surface area contributed by atoms with E-state index in [0.717, 1.165) is 5.39 Å². The Morgan fingerprint density at radius 2 is 2.13 bits per heavy atom. The molecule has 0 aliphatic carbocycles. The van der Waals surface area contributed by atoms with E-state index in [0.29, 0.717) is 11.3 Å². The van der Waals surface area contributed by atoms with Crippen molar-refractivity contribution >= 4 is 16.8 Å². The molecule has 1 N–H and O–H groups in total. The van der Waals surface area contributed by atoms with Gasteiger partial charge in [-0.25, -0.2) is 0 Å². The number of fused-ring (bicyclic) bond motifs is 1. The Balaban J connectivity index is 2.77. The van der Waals surface area contributed by atoms with Crippen molar-refractivity contribution in [1.82, 2.24) is 4.57 Å². The number of benzene rings is 1. The maximum atomic E-state index is 11.3. The number of hydrogen-bond acceptors (Lipinski definition) is 3. The number of methoxy groups -OCH3 is 1. The maximum Gasteiger partial charge on any atom is 0.230 e. The Kier molecular flexibility index (Phi) is 2.11. The van der Waals surface area contributed by atoms with Crippen LogP contribution >= 0.6 is 0 Å². The van der Waals surface area contributed by atoms with Crippen LogP contribution in [0.2, 0.25) is 0 Å². The van der Waals surface area contributed by atoms with Crippen molar-refractivity contribution in [1.29, 1.82) is 0 Å². The minimum absolute atomic E-state index is 0.0502. The summed E-state index contributed by atoms with van der Waals surface area (Å²) in [6.07, 6.45) is 0. The molecule has 1 aromatic heterocycles. The summed E-state index contributed by atoms with van der Waals surface area (Å²) in [5.41, 5.74) is 0.652. The van der Waals surface area contributed by atoms with Gasteiger partial charge in [-0.05, 0) is 12.1 Å². The highest BCUT2D eigenvalue weighted by molar-refractivity contribution is 5.94. The summed E-state index contributed by atoms with van der Waals surface area (Å²) >= 11 is 0. The molecule has 78 valence electrons. The quantitative estimate of drug-likeness (QED) is 0.774. The molecule has 15 heavy (non-hydrogen) atoms. The van der Waals surface area contributed by atoms with Crippen LogP contribution in [0, 0.1) is 0 Å². The number of carbonyl (C=O) groups is 1. The summed E-state index contributed by atoms with van der Waals surface area (Å²) in [5, 5.41) is 10.4. The SMILES string of the molecule is COc1ccc2cc(O)n(C(C)=O)c2c1. The Labute approximate surface area is 86.7 Å². The Morgan fingerprint density at radius 3 is 2.73 bits per heavy atom. The van der Waals surface area contributed by atoms with Crippen molar-refractivity contribution in [3.8, 4) is 11.6 Å². The average Bonchev–Trinajstić information content (AvgIpc) is 2.52. The molecular formula is C11H11NO3. The molecule has 0 saturated heterocycles. The minimum Gasteiger partial charge on any atom is -0.497 e. The van der Waals surface area contributed by atoms with Gasteiger partial charge in [0.05, 0.1) is 12.6 Å². The van der Waals surface area contributed by atoms with Crippen LogP contribution in [0.4, 0.5) is 0 Å². The fourth-order valence-corrected chi connectivity index (χ4v) is 1.62. The zero-order valence-corrected chi connectivity index (χ0v) is 8.52. The van der Waals surface area contributed by atoms with Crippen LogP contribution in [0.1, 0.15) is 11.7 Å². The predicted molar refractivity (Wildman–Crippen MR) is 56.5 cm³/mol. The molecule has 0 spiro atoms. The van der Waals surface area contributed by atoms with Crippen LogP contribution in [0.5, 0.6) is 11.6 Å². The molecule has 1 aromatic carbocycles. The van der Waals surface area contributed by atoms with Gasteiger partial charge in [0.25, 0.3) is 0 Å². The highest BCUT2D eigenvalue weighted by atomic mass is 16.5. The fraction of sp³-hybridized carbons (Fsp3) is 0.182. The zero-order chi connectivity index (χ0) is 11.0. The minimum atomic E-state index is -0.226. The number of ether oxygens (including phenoxy) is 1. The van der Waals surface area contributed by atoms with Crippen LogP contribution < -0.4 is 4.74 Å². The first-order valence-corrected chi connectivity index (χ1v) is 4.53. The van der Waals surface area contributed by atoms with Gasteiger partial charge in [0, 0.05) is 24.4 Å². The van der Waals surface area contributed by atoms with Crippen LogP contribution in [-0.2, 0) is 0 Å². The molecule has 0 radical (unpaired) electrons. The molecule has 0 aliphatic heterocycles. The van der Waals surface area contributed by atoms with Gasteiger partial charge in [-0.3, -0.25) is 9.36 Å². The molecule has 4 nitrogen and oxygen atoms in total. The van der Waals surface area contributed by atoms with Crippen molar-refractivity contribution in [2.45, 2.75) is 6.92 Å². The molecule has 1 heterocycles. The second-order valence-corrected chi connectivity index (χ2v) is 3.28. The third-order valence-corrected chi connectivity index (χ3v) is 2.31. The fourth-order valence-electron chi connectivity index (χ4n) is 1.62. The predicted octanol–water partition coefficient (Wildman–Crippen LogP) is 2.02. The second-order valence-electron chi connectivity index (χ2n) is 3.28. The van der Waals surface area contributed by atoms with E-state index >= 15 is 0 Å². The number of aromatic hydroxyl groups is 1. The number of nitrogens with zero attached hydrogens (tertiary/aromatic N) is 1. The van der Waals surface area contributed by atoms with E-state index in [1.807, 2.05) is 0 Å². The van der Waals surface area contributed by atoms with Crippen LogP contribution in [0.3, 0.4) is 0 Å². The molecule has 2 aromatic rings. The Hall–Kier alpha value is -1.97. The third kappa shape index (κ3) is 1.44. The van der Waals surface area contributed by atoms with Crippen molar-refractivity contribution in [3.63, 3.8) is 0 Å². The smallest absolute Gasteiger partial charge is 0.230 e. The number of rotatable bonds is 1. The largest absolute Gasteiger partial charge is 0.497 e. The van der Waals surface area contributed by atoms with E-state index in [2.05, 4.69) is 0 Å². The maximum absolute atomic E-state index is 11.3. The normalized spacial score (nSPS) is 10.5. The van der Waals surface area contributed by atoms with Gasteiger partial charge < -0.3 is 9.84 Å². The molecule has 0 unspecified atom stereocenters. The summed E-state index contributed by atoms with van der Waals surface area (Å²) in [5.74, 6) is 0.379. The summed E-state index contributed by atoms with van der Waals surface area (Å²) in [7, 11) is 1.56. The first-order chi connectivity index (χ1) is 7.13. The molecule has 0 fully saturated rings. The molecule has 0 amide bonds. The number of aromatic nitrogens is 1. The molecule has 0 atom stereocenters. The van der Waals surface area contributed by atoms with Crippen LogP contribution in [-0.4, -0.2) is 22.7 Å². The van der Waals surface area contributed by atoms with Gasteiger partial charge in [0.2, 0.25) is 5.91 Å². The Bertz CT molecular complexity index is 528.